The molecule has 0 N–H and O–H groups in total. The van der Waals surface area contributed by atoms with Crippen LogP contribution in [0.25, 0.3) is 16.9 Å². The van der Waals surface area contributed by atoms with Crippen molar-refractivity contribution in [3.05, 3.63) is 53.3 Å². The van der Waals surface area contributed by atoms with Crippen molar-refractivity contribution in [2.45, 2.75) is 31.2 Å². The normalized spacial score (nSPS) is 18.1. The summed E-state index contributed by atoms with van der Waals surface area (Å²) in [5.41, 5.74) is 3.35. The number of carbonyl (C=O) groups is 1. The number of carbonyl (C=O) groups excluding carboxylic acids is 1. The Bertz CT molecular complexity index is 1310. The van der Waals surface area contributed by atoms with Gasteiger partial charge in [-0.3, -0.25) is 9.69 Å². The van der Waals surface area contributed by atoms with E-state index in [0.29, 0.717) is 43.4 Å². The minimum atomic E-state index is -3.55. The molecule has 0 aliphatic carbocycles. The fourth-order valence-electron chi connectivity index (χ4n) is 4.73. The van der Waals surface area contributed by atoms with Gasteiger partial charge >= 0.3 is 0 Å². The van der Waals surface area contributed by atoms with Crippen LogP contribution >= 0.6 is 11.6 Å². The molecule has 34 heavy (non-hydrogen) atoms. The van der Waals surface area contributed by atoms with Gasteiger partial charge in [-0.25, -0.2) is 13.4 Å². The van der Waals surface area contributed by atoms with E-state index in [1.165, 1.54) is 0 Å². The van der Waals surface area contributed by atoms with Crippen molar-refractivity contribution in [2.75, 3.05) is 39.3 Å². The fraction of sp³-hybridized carbons (Fsp3) is 0.417. The number of imidazole rings is 1. The maximum atomic E-state index is 13.2. The smallest absolute Gasteiger partial charge is 0.244 e. The van der Waals surface area contributed by atoms with Crippen molar-refractivity contribution < 1.29 is 13.2 Å². The lowest BCUT2D eigenvalue weighted by molar-refractivity contribution is -0.130. The van der Waals surface area contributed by atoms with Crippen molar-refractivity contribution in [1.29, 1.82) is 0 Å². The maximum absolute atomic E-state index is 13.2. The number of aromatic nitrogens is 2. The molecular weight excluding hydrogens is 474 g/mol. The summed E-state index contributed by atoms with van der Waals surface area (Å²) in [6.45, 7) is 6.17. The molecule has 180 valence electrons. The van der Waals surface area contributed by atoms with E-state index in [1.807, 2.05) is 33.6 Å². The van der Waals surface area contributed by atoms with Crippen LogP contribution in [-0.4, -0.2) is 77.1 Å². The number of fused-ring (bicyclic) bond motifs is 1. The van der Waals surface area contributed by atoms with Gasteiger partial charge in [-0.1, -0.05) is 23.7 Å². The molecule has 2 aliphatic rings. The molecule has 2 saturated heterocycles. The first kappa shape index (κ1) is 23.3. The Kier molecular flexibility index (Phi) is 6.37. The summed E-state index contributed by atoms with van der Waals surface area (Å²) in [4.78, 5) is 21.0. The van der Waals surface area contributed by atoms with Crippen LogP contribution in [0.1, 0.15) is 25.5 Å². The molecule has 4 heterocycles. The molecule has 3 aromatic rings. The Morgan fingerprint density at radius 3 is 2.29 bits per heavy atom. The zero-order valence-electron chi connectivity index (χ0n) is 19.2. The zero-order valence-corrected chi connectivity index (χ0v) is 20.7. The second-order valence-corrected chi connectivity index (χ2v) is 11.3. The average molecular weight is 502 g/mol. The van der Waals surface area contributed by atoms with Gasteiger partial charge in [0.15, 0.2) is 0 Å². The first-order chi connectivity index (χ1) is 16.3. The number of amides is 1. The summed E-state index contributed by atoms with van der Waals surface area (Å²) in [5, 5.41) is 0.647. The topological polar surface area (TPSA) is 78.2 Å². The van der Waals surface area contributed by atoms with Crippen LogP contribution in [0.15, 0.2) is 47.5 Å². The summed E-state index contributed by atoms with van der Waals surface area (Å²) in [5.74, 6) is 0.0908. The van der Waals surface area contributed by atoms with Crippen molar-refractivity contribution in [2.24, 2.45) is 0 Å². The molecule has 0 bridgehead atoms. The quantitative estimate of drug-likeness (QED) is 0.537. The van der Waals surface area contributed by atoms with Crippen LogP contribution in [-0.2, 0) is 21.4 Å². The molecule has 0 saturated carbocycles. The second-order valence-electron chi connectivity index (χ2n) is 8.90. The van der Waals surface area contributed by atoms with Crippen molar-refractivity contribution in [1.82, 2.24) is 23.5 Å². The molecule has 2 aromatic heterocycles. The molecule has 8 nitrogen and oxygen atoms in total. The third kappa shape index (κ3) is 4.45. The van der Waals surface area contributed by atoms with Gasteiger partial charge in [0.1, 0.15) is 5.65 Å². The monoisotopic (exact) mass is 501 g/mol. The van der Waals surface area contributed by atoms with Crippen molar-refractivity contribution >= 4 is 33.2 Å². The number of halogens is 1. The molecule has 0 atom stereocenters. The van der Waals surface area contributed by atoms with Crippen LogP contribution in [0.5, 0.6) is 0 Å². The van der Waals surface area contributed by atoms with Gasteiger partial charge in [0.2, 0.25) is 15.9 Å². The molecule has 2 aliphatic heterocycles. The molecule has 0 spiro atoms. The van der Waals surface area contributed by atoms with E-state index in [-0.39, 0.29) is 10.8 Å². The van der Waals surface area contributed by atoms with Gasteiger partial charge in [-0.05, 0) is 37.1 Å². The van der Waals surface area contributed by atoms with E-state index in [0.717, 1.165) is 42.9 Å². The highest BCUT2D eigenvalue weighted by Gasteiger charge is 2.29. The summed E-state index contributed by atoms with van der Waals surface area (Å²) in [7, 11) is -3.55. The predicted molar refractivity (Wildman–Crippen MR) is 131 cm³/mol. The fourth-order valence-corrected chi connectivity index (χ4v) is 6.37. The third-order valence-electron chi connectivity index (χ3n) is 6.70. The largest absolute Gasteiger partial charge is 0.340 e. The van der Waals surface area contributed by atoms with Gasteiger partial charge in [0.25, 0.3) is 0 Å². The van der Waals surface area contributed by atoms with Crippen molar-refractivity contribution in [3.63, 3.8) is 0 Å². The van der Waals surface area contributed by atoms with Crippen LogP contribution in [0.3, 0.4) is 0 Å². The van der Waals surface area contributed by atoms with E-state index < -0.39 is 10.0 Å². The summed E-state index contributed by atoms with van der Waals surface area (Å²) in [6, 6.07) is 11.0. The number of nitrogens with zero attached hydrogens (tertiary/aromatic N) is 5. The van der Waals surface area contributed by atoms with Gasteiger partial charge in [-0.2, -0.15) is 4.31 Å². The number of pyridine rings is 1. The van der Waals surface area contributed by atoms with E-state index in [9.17, 15) is 13.2 Å². The van der Waals surface area contributed by atoms with Gasteiger partial charge < -0.3 is 9.30 Å². The molecule has 5 rings (SSSR count). The number of piperazine rings is 1. The highest BCUT2D eigenvalue weighted by atomic mass is 35.5. The lowest BCUT2D eigenvalue weighted by Gasteiger charge is -2.34. The van der Waals surface area contributed by atoms with Crippen LogP contribution in [0.4, 0.5) is 0 Å². The Labute approximate surface area is 204 Å². The highest BCUT2D eigenvalue weighted by molar-refractivity contribution is 7.89. The molecule has 2 fully saturated rings. The minimum Gasteiger partial charge on any atom is -0.340 e. The Morgan fingerprint density at radius 1 is 0.971 bits per heavy atom. The Morgan fingerprint density at radius 2 is 1.65 bits per heavy atom. The van der Waals surface area contributed by atoms with Crippen LogP contribution in [0, 0.1) is 0 Å². The average Bonchev–Trinajstić information content (AvgIpc) is 3.49. The minimum absolute atomic E-state index is 0.0908. The highest BCUT2D eigenvalue weighted by Crippen LogP contribution is 2.29. The third-order valence-corrected chi connectivity index (χ3v) is 8.84. The molecule has 1 aromatic carbocycles. The zero-order chi connectivity index (χ0) is 23.9. The summed E-state index contributed by atoms with van der Waals surface area (Å²) >= 11 is 6.11. The number of sulfonamides is 1. The number of hydrogen-bond donors (Lipinski definition) is 0. The predicted octanol–water partition coefficient (Wildman–Crippen LogP) is 3.10. The first-order valence-electron chi connectivity index (χ1n) is 11.6. The molecule has 0 radical (unpaired) electrons. The van der Waals surface area contributed by atoms with E-state index >= 15 is 0 Å². The molecule has 10 heteroatoms. The number of rotatable bonds is 5. The SMILES string of the molecule is CC(=O)N1CCN(Cc2c(-c3ccc(Cl)cc3)nc3ccc(S(=O)(=O)N4CCCC4)cn23)CC1. The summed E-state index contributed by atoms with van der Waals surface area (Å²) < 4.78 is 29.9. The maximum Gasteiger partial charge on any atom is 0.244 e. The molecular formula is C24H28ClN5O3S. The lowest BCUT2D eigenvalue weighted by Crippen LogP contribution is -2.47. The van der Waals surface area contributed by atoms with Gasteiger partial charge in [0.05, 0.1) is 16.3 Å². The van der Waals surface area contributed by atoms with Gasteiger partial charge in [0, 0.05) is 69.5 Å². The molecule has 0 unspecified atom stereocenters. The van der Waals surface area contributed by atoms with Crippen LogP contribution in [0.2, 0.25) is 5.02 Å². The standard InChI is InChI=1S/C24H28ClN5O3S/c1-18(31)28-14-12-27(13-15-28)17-22-24(19-4-6-20(25)7-5-19)26-23-9-8-21(16-30(22)23)34(32,33)29-10-2-3-11-29/h4-9,16H,2-3,10-15,17H2,1H3. The van der Waals surface area contributed by atoms with E-state index in [4.69, 9.17) is 16.6 Å². The lowest BCUT2D eigenvalue weighted by atomic mass is 10.1. The molecule has 1 amide bonds. The Hall–Kier alpha value is -2.46. The van der Waals surface area contributed by atoms with Crippen molar-refractivity contribution in [3.8, 4) is 11.3 Å². The Balaban J connectivity index is 1.55. The van der Waals surface area contributed by atoms with E-state index in [2.05, 4.69) is 4.90 Å². The van der Waals surface area contributed by atoms with Crippen LogP contribution < -0.4 is 0 Å². The first-order valence-corrected chi connectivity index (χ1v) is 13.4. The van der Waals surface area contributed by atoms with E-state index in [1.54, 1.807) is 29.6 Å². The van der Waals surface area contributed by atoms with Gasteiger partial charge in [-0.15, -0.1) is 0 Å². The number of benzene rings is 1. The number of hydrogen-bond acceptors (Lipinski definition) is 5. The summed E-state index contributed by atoms with van der Waals surface area (Å²) in [6.07, 6.45) is 3.49. The second kappa shape index (κ2) is 9.30.